The van der Waals surface area contributed by atoms with Gasteiger partial charge in [0.25, 0.3) is 0 Å². The summed E-state index contributed by atoms with van der Waals surface area (Å²) in [5.74, 6) is -2.15. The third-order valence-corrected chi connectivity index (χ3v) is 9.98. The van der Waals surface area contributed by atoms with Crippen LogP contribution in [0, 0.1) is 22.7 Å². The standard InChI is InChI=1S/C32H39NO10/c1-7-25(36)42-24-14-22-30(4,11-10-23(40-18(3)35)31(22,5)16-39-17(2)34)28-27(37)26-21(43-32(24,28)6)13-20(41-29(26)38)19-9-8-12-33-15-19/h8-9,12-13,15,22-24,27-28,37H,7,10-11,14,16H2,1-6H3/t22-,23+,24-,27+,28+,30+,31-,32+/m0/s1. The lowest BCUT2D eigenvalue weighted by molar-refractivity contribution is -0.271. The summed E-state index contributed by atoms with van der Waals surface area (Å²) in [6.07, 6.45) is 1.67. The second-order valence-corrected chi connectivity index (χ2v) is 12.7. The molecule has 0 radical (unpaired) electrons. The van der Waals surface area contributed by atoms with E-state index in [0.717, 1.165) is 0 Å². The molecule has 3 heterocycles. The zero-order chi connectivity index (χ0) is 31.3. The maximum atomic E-state index is 13.5. The fourth-order valence-corrected chi connectivity index (χ4v) is 8.08. The minimum absolute atomic E-state index is 0.0126. The maximum Gasteiger partial charge on any atom is 0.345 e. The normalized spacial score (nSPS) is 34.4. The molecule has 5 rings (SSSR count). The second kappa shape index (κ2) is 11.1. The van der Waals surface area contributed by atoms with Crippen molar-refractivity contribution in [2.45, 2.75) is 91.1 Å². The number of carbonyl (C=O) groups is 3. The molecule has 11 heteroatoms. The number of fused-ring (bicyclic) bond motifs is 4. The highest BCUT2D eigenvalue weighted by Gasteiger charge is 2.70. The van der Waals surface area contributed by atoms with Gasteiger partial charge in [-0.15, -0.1) is 0 Å². The van der Waals surface area contributed by atoms with E-state index in [1.54, 1.807) is 44.4 Å². The Morgan fingerprint density at radius 1 is 1.12 bits per heavy atom. The Morgan fingerprint density at radius 3 is 2.49 bits per heavy atom. The van der Waals surface area contributed by atoms with Gasteiger partial charge in [-0.25, -0.2) is 4.79 Å². The van der Waals surface area contributed by atoms with Gasteiger partial charge < -0.3 is 28.5 Å². The monoisotopic (exact) mass is 597 g/mol. The van der Waals surface area contributed by atoms with Crippen molar-refractivity contribution in [2.75, 3.05) is 6.61 Å². The molecular weight excluding hydrogens is 558 g/mol. The van der Waals surface area contributed by atoms with E-state index >= 15 is 0 Å². The van der Waals surface area contributed by atoms with E-state index in [9.17, 15) is 24.3 Å². The number of rotatable bonds is 6. The first-order chi connectivity index (χ1) is 20.2. The van der Waals surface area contributed by atoms with E-state index in [4.69, 9.17) is 23.4 Å². The molecular formula is C32H39NO10. The van der Waals surface area contributed by atoms with Crippen LogP contribution in [0.25, 0.3) is 11.3 Å². The molecule has 0 amide bonds. The van der Waals surface area contributed by atoms with E-state index in [-0.39, 0.29) is 42.4 Å². The number of aliphatic hydroxyl groups excluding tert-OH is 1. The first kappa shape index (κ1) is 30.7. The molecule has 0 bridgehead atoms. The lowest BCUT2D eigenvalue weighted by Gasteiger charge is -2.66. The van der Waals surface area contributed by atoms with Crippen molar-refractivity contribution in [2.24, 2.45) is 22.7 Å². The molecule has 2 aromatic rings. The third kappa shape index (κ3) is 5.11. The molecule has 2 aliphatic carbocycles. The van der Waals surface area contributed by atoms with E-state index < -0.39 is 64.2 Å². The quantitative estimate of drug-likeness (QED) is 0.378. The predicted octanol–water partition coefficient (Wildman–Crippen LogP) is 4.15. The van der Waals surface area contributed by atoms with Gasteiger partial charge in [0.1, 0.15) is 41.5 Å². The average Bonchev–Trinajstić information content (AvgIpc) is 2.94. The van der Waals surface area contributed by atoms with Crippen molar-refractivity contribution >= 4 is 17.9 Å². The van der Waals surface area contributed by atoms with Crippen LogP contribution in [0.2, 0.25) is 0 Å². The summed E-state index contributed by atoms with van der Waals surface area (Å²) in [6, 6.07) is 5.02. The molecule has 2 fully saturated rings. The Bertz CT molecular complexity index is 1470. The van der Waals surface area contributed by atoms with Gasteiger partial charge in [-0.1, -0.05) is 20.8 Å². The van der Waals surface area contributed by atoms with Crippen LogP contribution in [0.15, 0.2) is 39.8 Å². The summed E-state index contributed by atoms with van der Waals surface area (Å²) in [5.41, 5.74) is -3.09. The molecule has 3 aliphatic rings. The minimum atomic E-state index is -1.34. The molecule has 0 spiro atoms. The van der Waals surface area contributed by atoms with Crippen LogP contribution in [0.3, 0.4) is 0 Å². The first-order valence-corrected chi connectivity index (χ1v) is 14.7. The molecule has 8 atom stereocenters. The van der Waals surface area contributed by atoms with Gasteiger partial charge in [0, 0.05) is 55.6 Å². The Labute approximate surface area is 249 Å². The Balaban J connectivity index is 1.67. The number of aliphatic hydroxyl groups is 1. The smallest absolute Gasteiger partial charge is 0.345 e. The zero-order valence-corrected chi connectivity index (χ0v) is 25.4. The van der Waals surface area contributed by atoms with Gasteiger partial charge in [0.2, 0.25) is 0 Å². The molecule has 2 saturated carbocycles. The van der Waals surface area contributed by atoms with E-state index in [0.29, 0.717) is 18.4 Å². The van der Waals surface area contributed by atoms with Gasteiger partial charge in [0.05, 0.1) is 6.10 Å². The summed E-state index contributed by atoms with van der Waals surface area (Å²) in [5, 5.41) is 12.1. The number of carbonyl (C=O) groups excluding carboxylic acids is 3. The lowest BCUT2D eigenvalue weighted by atomic mass is 9.42. The van der Waals surface area contributed by atoms with Gasteiger partial charge >= 0.3 is 23.5 Å². The predicted molar refractivity (Wildman–Crippen MR) is 152 cm³/mol. The fraction of sp³-hybridized carbons (Fsp3) is 0.594. The van der Waals surface area contributed by atoms with Crippen LogP contribution >= 0.6 is 0 Å². The molecule has 11 nitrogen and oxygen atoms in total. The van der Waals surface area contributed by atoms with Crippen LogP contribution in [0.1, 0.15) is 78.9 Å². The van der Waals surface area contributed by atoms with Gasteiger partial charge in [0.15, 0.2) is 0 Å². The number of ether oxygens (including phenoxy) is 4. The summed E-state index contributed by atoms with van der Waals surface area (Å²) < 4.78 is 29.7. The van der Waals surface area contributed by atoms with E-state index in [1.807, 2.05) is 13.8 Å². The Kier molecular flexibility index (Phi) is 7.91. The zero-order valence-electron chi connectivity index (χ0n) is 25.4. The SMILES string of the molecule is CCC(=O)O[C@H]1C[C@@H]2[C@](C)(COC(C)=O)[C@H](OC(C)=O)CC[C@@]2(C)[C@H]2[C@H](O)c3c(cc(-c4cccnc4)oc3=O)O[C@]12C. The van der Waals surface area contributed by atoms with Crippen molar-refractivity contribution in [3.8, 4) is 17.1 Å². The highest BCUT2D eigenvalue weighted by Crippen LogP contribution is 2.67. The molecule has 2 aromatic heterocycles. The van der Waals surface area contributed by atoms with Crippen molar-refractivity contribution in [1.29, 1.82) is 0 Å². The number of pyridine rings is 1. The average molecular weight is 598 g/mol. The van der Waals surface area contributed by atoms with Crippen LogP contribution in [0.4, 0.5) is 0 Å². The van der Waals surface area contributed by atoms with Crippen molar-refractivity contribution in [1.82, 2.24) is 4.98 Å². The maximum absolute atomic E-state index is 13.5. The largest absolute Gasteiger partial charge is 0.482 e. The van der Waals surface area contributed by atoms with Crippen LogP contribution in [-0.2, 0) is 28.6 Å². The van der Waals surface area contributed by atoms with Crippen molar-refractivity contribution < 1.29 is 42.9 Å². The molecule has 1 aliphatic heterocycles. The second-order valence-electron chi connectivity index (χ2n) is 12.7. The molecule has 0 aromatic carbocycles. The van der Waals surface area contributed by atoms with E-state index in [1.165, 1.54) is 13.8 Å². The number of esters is 3. The highest BCUT2D eigenvalue weighted by atomic mass is 16.6. The van der Waals surface area contributed by atoms with Crippen molar-refractivity contribution in [3.05, 3.63) is 46.6 Å². The number of hydrogen-bond donors (Lipinski definition) is 1. The summed E-state index contributed by atoms with van der Waals surface area (Å²) in [4.78, 5) is 54.5. The summed E-state index contributed by atoms with van der Waals surface area (Å²) in [6.45, 7) is 9.99. The Hall–Kier alpha value is -3.73. The number of hydrogen-bond acceptors (Lipinski definition) is 11. The molecule has 0 saturated heterocycles. The number of aromatic nitrogens is 1. The van der Waals surface area contributed by atoms with Gasteiger partial charge in [-0.05, 0) is 49.7 Å². The van der Waals surface area contributed by atoms with Gasteiger partial charge in [-0.3, -0.25) is 19.4 Å². The van der Waals surface area contributed by atoms with Crippen LogP contribution < -0.4 is 10.4 Å². The molecule has 232 valence electrons. The fourth-order valence-electron chi connectivity index (χ4n) is 8.08. The molecule has 1 N–H and O–H groups in total. The number of nitrogens with zero attached hydrogens (tertiary/aromatic N) is 1. The summed E-state index contributed by atoms with van der Waals surface area (Å²) in [7, 11) is 0. The third-order valence-electron chi connectivity index (χ3n) is 9.98. The summed E-state index contributed by atoms with van der Waals surface area (Å²) >= 11 is 0. The van der Waals surface area contributed by atoms with Crippen LogP contribution in [0.5, 0.6) is 5.75 Å². The van der Waals surface area contributed by atoms with Crippen LogP contribution in [-0.4, -0.2) is 52.4 Å². The first-order valence-electron chi connectivity index (χ1n) is 14.7. The highest BCUT2D eigenvalue weighted by molar-refractivity contribution is 5.69. The molecule has 43 heavy (non-hydrogen) atoms. The molecule has 0 unspecified atom stereocenters. The Morgan fingerprint density at radius 2 is 1.86 bits per heavy atom. The van der Waals surface area contributed by atoms with Crippen molar-refractivity contribution in [3.63, 3.8) is 0 Å². The van der Waals surface area contributed by atoms with E-state index in [2.05, 4.69) is 4.98 Å². The minimum Gasteiger partial charge on any atom is -0.482 e. The topological polar surface area (TPSA) is 151 Å². The lowest BCUT2D eigenvalue weighted by Crippen LogP contribution is -2.71. The van der Waals surface area contributed by atoms with Gasteiger partial charge in [-0.2, -0.15) is 0 Å².